The Morgan fingerprint density at radius 2 is 1.86 bits per heavy atom. The summed E-state index contributed by atoms with van der Waals surface area (Å²) in [6.45, 7) is 0.393. The maximum absolute atomic E-state index is 10.4. The SMILES string of the molecule is C[C@H](O)C(OC(O)[C@H](O)CO)C(=O)O. The molecule has 0 heterocycles. The van der Waals surface area contributed by atoms with E-state index in [-0.39, 0.29) is 0 Å². The van der Waals surface area contributed by atoms with Crippen molar-refractivity contribution in [1.29, 1.82) is 0 Å². The van der Waals surface area contributed by atoms with Gasteiger partial charge in [-0.3, -0.25) is 0 Å². The molecule has 0 fully saturated rings. The van der Waals surface area contributed by atoms with Gasteiger partial charge in [-0.05, 0) is 6.92 Å². The Labute approximate surface area is 80.2 Å². The third-order valence-corrected chi connectivity index (χ3v) is 1.48. The van der Waals surface area contributed by atoms with Crippen LogP contribution < -0.4 is 0 Å². The fourth-order valence-corrected chi connectivity index (χ4v) is 0.709. The zero-order valence-electron chi connectivity index (χ0n) is 7.57. The Kier molecular flexibility index (Phi) is 5.58. The molecule has 0 spiro atoms. The van der Waals surface area contributed by atoms with E-state index in [1.54, 1.807) is 0 Å². The lowest BCUT2D eigenvalue weighted by molar-refractivity contribution is -0.218. The van der Waals surface area contributed by atoms with Crippen LogP contribution in [-0.4, -0.2) is 62.7 Å². The Bertz CT molecular complexity index is 181. The molecule has 2 unspecified atom stereocenters. The normalized spacial score (nSPS) is 19.8. The smallest absolute Gasteiger partial charge is 0.335 e. The highest BCUT2D eigenvalue weighted by molar-refractivity contribution is 5.72. The van der Waals surface area contributed by atoms with Crippen molar-refractivity contribution in [2.24, 2.45) is 0 Å². The van der Waals surface area contributed by atoms with Crippen LogP contribution in [0.15, 0.2) is 0 Å². The van der Waals surface area contributed by atoms with Crippen LogP contribution in [0.3, 0.4) is 0 Å². The molecule has 0 amide bonds. The number of aliphatic hydroxyl groups excluding tert-OH is 4. The van der Waals surface area contributed by atoms with Crippen LogP contribution >= 0.6 is 0 Å². The highest BCUT2D eigenvalue weighted by atomic mass is 16.6. The number of carboxylic acid groups (broad SMARTS) is 1. The monoisotopic (exact) mass is 210 g/mol. The molecule has 0 aromatic carbocycles. The van der Waals surface area contributed by atoms with E-state index in [1.165, 1.54) is 0 Å². The minimum atomic E-state index is -1.85. The van der Waals surface area contributed by atoms with Gasteiger partial charge in [0.15, 0.2) is 12.4 Å². The van der Waals surface area contributed by atoms with Crippen molar-refractivity contribution in [2.75, 3.05) is 6.61 Å². The van der Waals surface area contributed by atoms with Crippen LogP contribution in [-0.2, 0) is 9.53 Å². The molecule has 0 aromatic rings. The van der Waals surface area contributed by atoms with Gasteiger partial charge in [0.05, 0.1) is 12.7 Å². The van der Waals surface area contributed by atoms with Crippen molar-refractivity contribution >= 4 is 5.97 Å². The lowest BCUT2D eigenvalue weighted by Crippen LogP contribution is -2.42. The number of aliphatic carboxylic acids is 1. The summed E-state index contributed by atoms with van der Waals surface area (Å²) in [5, 5.41) is 43.6. The van der Waals surface area contributed by atoms with E-state index in [9.17, 15) is 4.79 Å². The lowest BCUT2D eigenvalue weighted by atomic mass is 10.2. The van der Waals surface area contributed by atoms with Crippen molar-refractivity contribution in [3.63, 3.8) is 0 Å². The first-order valence-electron chi connectivity index (χ1n) is 3.93. The van der Waals surface area contributed by atoms with Crippen LogP contribution in [0.1, 0.15) is 6.92 Å². The number of ether oxygens (including phenoxy) is 1. The number of carbonyl (C=O) groups is 1. The van der Waals surface area contributed by atoms with Gasteiger partial charge in [0.25, 0.3) is 0 Å². The second-order valence-electron chi connectivity index (χ2n) is 2.78. The molecule has 0 aliphatic carbocycles. The highest BCUT2D eigenvalue weighted by Crippen LogP contribution is 2.05. The van der Waals surface area contributed by atoms with Crippen molar-refractivity contribution in [3.05, 3.63) is 0 Å². The summed E-state index contributed by atoms with van der Waals surface area (Å²) in [4.78, 5) is 10.4. The van der Waals surface area contributed by atoms with E-state index in [4.69, 9.17) is 25.5 Å². The van der Waals surface area contributed by atoms with Gasteiger partial charge in [-0.15, -0.1) is 0 Å². The molecule has 5 N–H and O–H groups in total. The van der Waals surface area contributed by atoms with Crippen LogP contribution in [0.2, 0.25) is 0 Å². The molecule has 84 valence electrons. The van der Waals surface area contributed by atoms with Gasteiger partial charge < -0.3 is 30.3 Å². The first kappa shape index (κ1) is 13.3. The van der Waals surface area contributed by atoms with Crippen LogP contribution in [0.25, 0.3) is 0 Å². The van der Waals surface area contributed by atoms with Gasteiger partial charge in [0, 0.05) is 0 Å². The van der Waals surface area contributed by atoms with Crippen molar-refractivity contribution in [1.82, 2.24) is 0 Å². The van der Waals surface area contributed by atoms with Gasteiger partial charge in [-0.1, -0.05) is 0 Å². The third kappa shape index (κ3) is 3.99. The first-order valence-corrected chi connectivity index (χ1v) is 3.93. The van der Waals surface area contributed by atoms with Crippen molar-refractivity contribution in [2.45, 2.75) is 31.5 Å². The van der Waals surface area contributed by atoms with Gasteiger partial charge in [-0.2, -0.15) is 0 Å². The summed E-state index contributed by atoms with van der Waals surface area (Å²) in [6.07, 6.45) is -6.44. The second kappa shape index (κ2) is 5.89. The molecule has 7 nitrogen and oxygen atoms in total. The first-order chi connectivity index (χ1) is 6.40. The van der Waals surface area contributed by atoms with Crippen LogP contribution in [0.5, 0.6) is 0 Å². The topological polar surface area (TPSA) is 127 Å². The van der Waals surface area contributed by atoms with E-state index in [1.807, 2.05) is 0 Å². The number of rotatable bonds is 6. The number of hydrogen-bond acceptors (Lipinski definition) is 6. The Morgan fingerprint density at radius 3 is 2.14 bits per heavy atom. The van der Waals surface area contributed by atoms with E-state index >= 15 is 0 Å². The summed E-state index contributed by atoms with van der Waals surface area (Å²) < 4.78 is 4.42. The molecule has 0 rings (SSSR count). The Morgan fingerprint density at radius 1 is 1.36 bits per heavy atom. The molecular weight excluding hydrogens is 196 g/mol. The summed E-state index contributed by atoms with van der Waals surface area (Å²) in [6, 6.07) is 0. The Hall–Kier alpha value is -0.730. The fourth-order valence-electron chi connectivity index (χ4n) is 0.709. The van der Waals surface area contributed by atoms with E-state index in [0.29, 0.717) is 0 Å². The predicted octanol–water partition coefficient (Wildman–Crippen LogP) is -2.49. The molecule has 0 aliphatic rings. The summed E-state index contributed by atoms with van der Waals surface area (Å²) in [5.74, 6) is -1.47. The molecule has 4 atom stereocenters. The zero-order chi connectivity index (χ0) is 11.3. The molecule has 14 heavy (non-hydrogen) atoms. The lowest BCUT2D eigenvalue weighted by Gasteiger charge is -2.22. The molecule has 0 radical (unpaired) electrons. The minimum absolute atomic E-state index is 0.771. The van der Waals surface area contributed by atoms with Crippen LogP contribution in [0.4, 0.5) is 0 Å². The summed E-state index contributed by atoms with van der Waals surface area (Å²) in [5.41, 5.74) is 0. The average molecular weight is 210 g/mol. The second-order valence-corrected chi connectivity index (χ2v) is 2.78. The standard InChI is InChI=1S/C7H14O7/c1-3(9)5(6(11)12)14-7(13)4(10)2-8/h3-5,7-10,13H,2H2,1H3,(H,11,12)/t3-,4+,5?,7?/m0/s1. The van der Waals surface area contributed by atoms with E-state index in [0.717, 1.165) is 6.92 Å². The van der Waals surface area contributed by atoms with Crippen molar-refractivity contribution in [3.8, 4) is 0 Å². The molecule has 0 saturated heterocycles. The van der Waals surface area contributed by atoms with E-state index in [2.05, 4.69) is 4.74 Å². The maximum atomic E-state index is 10.4. The summed E-state index contributed by atoms with van der Waals surface area (Å²) in [7, 11) is 0. The molecule has 0 aliphatic heterocycles. The largest absolute Gasteiger partial charge is 0.479 e. The molecule has 0 saturated carbocycles. The quantitative estimate of drug-likeness (QED) is 0.307. The number of hydrogen-bond donors (Lipinski definition) is 5. The third-order valence-electron chi connectivity index (χ3n) is 1.48. The molecule has 7 heteroatoms. The maximum Gasteiger partial charge on any atom is 0.335 e. The van der Waals surface area contributed by atoms with Gasteiger partial charge >= 0.3 is 5.97 Å². The fraction of sp³-hybridized carbons (Fsp3) is 0.857. The van der Waals surface area contributed by atoms with Crippen molar-refractivity contribution < 1.29 is 35.1 Å². The molecular formula is C7H14O7. The highest BCUT2D eigenvalue weighted by Gasteiger charge is 2.29. The van der Waals surface area contributed by atoms with Gasteiger partial charge in [0.2, 0.25) is 0 Å². The number of carboxylic acids is 1. The number of aliphatic hydroxyl groups is 4. The molecule has 0 aromatic heterocycles. The molecule has 0 bridgehead atoms. The van der Waals surface area contributed by atoms with Crippen LogP contribution in [0, 0.1) is 0 Å². The Balaban J connectivity index is 4.23. The zero-order valence-corrected chi connectivity index (χ0v) is 7.57. The summed E-state index contributed by atoms with van der Waals surface area (Å²) >= 11 is 0. The van der Waals surface area contributed by atoms with Gasteiger partial charge in [0.1, 0.15) is 6.10 Å². The predicted molar refractivity (Wildman–Crippen MR) is 43.3 cm³/mol. The average Bonchev–Trinajstić information content (AvgIpc) is 2.11. The minimum Gasteiger partial charge on any atom is -0.479 e. The van der Waals surface area contributed by atoms with Gasteiger partial charge in [-0.25, -0.2) is 4.79 Å². The van der Waals surface area contributed by atoms with E-state index < -0.39 is 37.2 Å².